The molecule has 2 bridgehead atoms. The lowest BCUT2D eigenvalue weighted by atomic mass is 9.82. The first kappa shape index (κ1) is 20.9. The summed E-state index contributed by atoms with van der Waals surface area (Å²) < 4.78 is 6.91. The lowest BCUT2D eigenvalue weighted by Gasteiger charge is -2.43. The highest BCUT2D eigenvalue weighted by Crippen LogP contribution is 2.38. The molecule has 2 N–H and O–H groups in total. The van der Waals surface area contributed by atoms with Gasteiger partial charge in [-0.15, -0.1) is 0 Å². The van der Waals surface area contributed by atoms with Crippen molar-refractivity contribution in [3.63, 3.8) is 0 Å². The van der Waals surface area contributed by atoms with E-state index in [1.54, 1.807) is 17.7 Å². The van der Waals surface area contributed by atoms with E-state index >= 15 is 0 Å². The zero-order chi connectivity index (χ0) is 23.6. The van der Waals surface area contributed by atoms with Crippen LogP contribution < -0.4 is 15.5 Å². The van der Waals surface area contributed by atoms with Crippen LogP contribution in [0.4, 0.5) is 5.69 Å². The SMILES string of the molecule is COc1ccc2c(c1)CCc1c-2n[nH]c1C(=O)N1CC2CC(C1)c1ccc(N([O-])O)c(=O)n1C2. The molecule has 4 heterocycles. The van der Waals surface area contributed by atoms with Crippen LogP contribution in [0.1, 0.15) is 39.6 Å². The van der Waals surface area contributed by atoms with Crippen molar-refractivity contribution in [2.75, 3.05) is 25.4 Å². The molecule has 34 heavy (non-hydrogen) atoms. The van der Waals surface area contributed by atoms with E-state index in [4.69, 9.17) is 4.74 Å². The summed E-state index contributed by atoms with van der Waals surface area (Å²) in [5.41, 5.74) is 4.48. The molecule has 2 unspecified atom stereocenters. The van der Waals surface area contributed by atoms with Gasteiger partial charge in [0.25, 0.3) is 11.5 Å². The van der Waals surface area contributed by atoms with E-state index in [0.717, 1.165) is 53.1 Å². The molecule has 1 saturated heterocycles. The largest absolute Gasteiger partial charge is 0.733 e. The van der Waals surface area contributed by atoms with Crippen molar-refractivity contribution in [1.82, 2.24) is 19.7 Å². The highest BCUT2D eigenvalue weighted by Gasteiger charge is 2.38. The number of piperidine rings is 1. The van der Waals surface area contributed by atoms with Gasteiger partial charge in [-0.3, -0.25) is 19.9 Å². The molecule has 0 spiro atoms. The second kappa shape index (κ2) is 7.71. The van der Waals surface area contributed by atoms with Gasteiger partial charge in [-0.1, -0.05) is 0 Å². The molecule has 1 amide bonds. The highest BCUT2D eigenvalue weighted by atomic mass is 16.8. The molecule has 1 aromatic carbocycles. The second-order valence-corrected chi connectivity index (χ2v) is 9.29. The smallest absolute Gasteiger partial charge is 0.275 e. The first-order chi connectivity index (χ1) is 16.4. The minimum atomic E-state index is -0.498. The van der Waals surface area contributed by atoms with E-state index in [9.17, 15) is 20.0 Å². The van der Waals surface area contributed by atoms with Crippen LogP contribution in [0.25, 0.3) is 11.3 Å². The number of nitrogens with one attached hydrogen (secondary N) is 1. The molecule has 176 valence electrons. The molecule has 10 nitrogen and oxygen atoms in total. The molecule has 2 aliphatic heterocycles. The number of pyridine rings is 1. The summed E-state index contributed by atoms with van der Waals surface area (Å²) >= 11 is 0. The molecule has 1 fully saturated rings. The average Bonchev–Trinajstić information content (AvgIpc) is 3.28. The van der Waals surface area contributed by atoms with Gasteiger partial charge in [0.1, 0.15) is 17.1 Å². The van der Waals surface area contributed by atoms with Gasteiger partial charge in [0.2, 0.25) is 0 Å². The molecule has 10 heteroatoms. The third-order valence-electron chi connectivity index (χ3n) is 7.37. The molecule has 2 aromatic heterocycles. The summed E-state index contributed by atoms with van der Waals surface area (Å²) in [7, 11) is 1.65. The number of hydrogen-bond donors (Lipinski definition) is 2. The first-order valence-electron chi connectivity index (χ1n) is 11.4. The van der Waals surface area contributed by atoms with Crippen LogP contribution >= 0.6 is 0 Å². The number of carbonyl (C=O) groups is 1. The standard InChI is InChI=1S/C24H24N5O5/c1-34-16-3-5-17-14(9-16)2-4-18-21(17)25-26-22(18)24(31)27-10-13-8-15(12-27)19-6-7-20(29(32)33)23(30)28(19)11-13/h3,5-7,9,13,15,32H,2,4,8,10-12H2,1H3,(H,25,26)/q-1. The van der Waals surface area contributed by atoms with Crippen molar-refractivity contribution in [2.24, 2.45) is 5.92 Å². The van der Waals surface area contributed by atoms with Crippen LogP contribution in [0.2, 0.25) is 0 Å². The van der Waals surface area contributed by atoms with Crippen LogP contribution in [-0.2, 0) is 19.4 Å². The lowest BCUT2D eigenvalue weighted by Crippen LogP contribution is -2.49. The number of aryl methyl sites for hydroxylation is 1. The summed E-state index contributed by atoms with van der Waals surface area (Å²) in [4.78, 5) is 28.1. The summed E-state index contributed by atoms with van der Waals surface area (Å²) in [6.07, 6.45) is 2.41. The van der Waals surface area contributed by atoms with Crippen LogP contribution in [0.5, 0.6) is 5.75 Å². The van der Waals surface area contributed by atoms with Crippen LogP contribution in [-0.4, -0.2) is 51.0 Å². The van der Waals surface area contributed by atoms with Gasteiger partial charge in [-0.05, 0) is 61.1 Å². The van der Waals surface area contributed by atoms with Gasteiger partial charge in [-0.2, -0.15) is 5.10 Å². The van der Waals surface area contributed by atoms with E-state index in [1.807, 2.05) is 23.1 Å². The van der Waals surface area contributed by atoms with Crippen molar-refractivity contribution in [2.45, 2.75) is 31.7 Å². The van der Waals surface area contributed by atoms with Crippen molar-refractivity contribution < 1.29 is 14.7 Å². The number of hydrogen-bond acceptors (Lipinski definition) is 7. The molecular weight excluding hydrogens is 438 g/mol. The topological polar surface area (TPSA) is 127 Å². The van der Waals surface area contributed by atoms with Crippen LogP contribution in [0, 0.1) is 11.1 Å². The molecule has 6 rings (SSSR count). The van der Waals surface area contributed by atoms with E-state index in [1.165, 1.54) is 6.07 Å². The van der Waals surface area contributed by atoms with E-state index in [0.29, 0.717) is 25.3 Å². The predicted molar refractivity (Wildman–Crippen MR) is 123 cm³/mol. The van der Waals surface area contributed by atoms with Crippen molar-refractivity contribution >= 4 is 11.6 Å². The van der Waals surface area contributed by atoms with Gasteiger partial charge >= 0.3 is 0 Å². The number of benzene rings is 1. The monoisotopic (exact) mass is 462 g/mol. The third kappa shape index (κ3) is 3.13. The maximum absolute atomic E-state index is 13.6. The zero-order valence-electron chi connectivity index (χ0n) is 18.7. The molecular formula is C24H24N5O5-. The van der Waals surface area contributed by atoms with Gasteiger partial charge in [0.05, 0.1) is 12.8 Å². The number of H-pyrrole nitrogens is 1. The number of likely N-dealkylation sites (tertiary alicyclic amines) is 1. The molecule has 3 aromatic rings. The van der Waals surface area contributed by atoms with E-state index < -0.39 is 5.56 Å². The fourth-order valence-electron chi connectivity index (χ4n) is 5.81. The van der Waals surface area contributed by atoms with E-state index in [-0.39, 0.29) is 28.7 Å². The summed E-state index contributed by atoms with van der Waals surface area (Å²) in [6.45, 7) is 1.41. The maximum atomic E-state index is 13.6. The van der Waals surface area contributed by atoms with Crippen molar-refractivity contribution in [1.29, 1.82) is 0 Å². The Morgan fingerprint density at radius 2 is 2.09 bits per heavy atom. The quantitative estimate of drug-likeness (QED) is 0.572. The minimum absolute atomic E-state index is 0.0102. The Balaban J connectivity index is 1.29. The van der Waals surface area contributed by atoms with E-state index in [2.05, 4.69) is 10.2 Å². The van der Waals surface area contributed by atoms with Gasteiger partial charge in [0.15, 0.2) is 0 Å². The van der Waals surface area contributed by atoms with Crippen molar-refractivity contribution in [3.05, 3.63) is 68.4 Å². The fourth-order valence-corrected chi connectivity index (χ4v) is 5.81. The summed E-state index contributed by atoms with van der Waals surface area (Å²) in [5, 5.41) is 27.6. The molecule has 0 saturated carbocycles. The third-order valence-corrected chi connectivity index (χ3v) is 7.37. The van der Waals surface area contributed by atoms with Crippen LogP contribution in [0.3, 0.4) is 0 Å². The fraction of sp³-hybridized carbons (Fsp3) is 0.375. The Hall–Kier alpha value is -3.63. The maximum Gasteiger partial charge on any atom is 0.275 e. The Morgan fingerprint density at radius 1 is 1.24 bits per heavy atom. The molecule has 1 aliphatic carbocycles. The Bertz CT molecular complexity index is 1360. The predicted octanol–water partition coefficient (Wildman–Crippen LogP) is 2.30. The minimum Gasteiger partial charge on any atom is -0.733 e. The number of carbonyl (C=O) groups excluding carboxylic acids is 1. The van der Waals surface area contributed by atoms with Crippen molar-refractivity contribution in [3.8, 4) is 17.0 Å². The highest BCUT2D eigenvalue weighted by molar-refractivity contribution is 5.96. The Morgan fingerprint density at radius 3 is 2.88 bits per heavy atom. The summed E-state index contributed by atoms with van der Waals surface area (Å²) in [6, 6.07) is 8.97. The number of methoxy groups -OCH3 is 1. The average molecular weight is 462 g/mol. The number of ether oxygens (including phenoxy) is 1. The first-order valence-corrected chi connectivity index (χ1v) is 11.4. The number of rotatable bonds is 3. The normalized spacial score (nSPS) is 20.3. The van der Waals surface area contributed by atoms with Gasteiger partial charge < -0.3 is 24.6 Å². The van der Waals surface area contributed by atoms with Gasteiger partial charge in [-0.25, -0.2) is 0 Å². The number of fused-ring (bicyclic) bond motifs is 7. The number of aromatic nitrogens is 3. The number of amides is 1. The Labute approximate surface area is 194 Å². The number of aromatic amines is 1. The zero-order valence-corrected chi connectivity index (χ0v) is 18.7. The van der Waals surface area contributed by atoms with Gasteiger partial charge in [0, 0.05) is 42.4 Å². The molecule has 0 radical (unpaired) electrons. The number of nitrogens with zero attached hydrogens (tertiary/aromatic N) is 4. The number of anilines is 1. The summed E-state index contributed by atoms with van der Waals surface area (Å²) in [5.74, 6) is 0.814. The lowest BCUT2D eigenvalue weighted by molar-refractivity contribution is 0.0587. The molecule has 3 aliphatic rings. The molecule has 2 atom stereocenters. The van der Waals surface area contributed by atoms with Crippen LogP contribution in [0.15, 0.2) is 35.1 Å². The second-order valence-electron chi connectivity index (χ2n) is 9.29. The Kier molecular flexibility index (Phi) is 4.75.